The maximum Gasteiger partial charge on any atom is 0.407 e. The van der Waals surface area contributed by atoms with Gasteiger partial charge >= 0.3 is 12.1 Å². The molecule has 3 rings (SSSR count). The third-order valence-corrected chi connectivity index (χ3v) is 4.56. The third kappa shape index (κ3) is 4.55. The molecule has 0 saturated carbocycles. The lowest BCUT2D eigenvalue weighted by molar-refractivity contribution is -0.142. The number of rotatable bonds is 6. The Labute approximate surface area is 157 Å². The predicted octanol–water partition coefficient (Wildman–Crippen LogP) is 2.25. The molecule has 0 saturated heterocycles. The first-order valence-corrected chi connectivity index (χ1v) is 8.86. The summed E-state index contributed by atoms with van der Waals surface area (Å²) < 4.78 is 9.93. The molecule has 1 aromatic carbocycles. The van der Waals surface area contributed by atoms with E-state index in [0.29, 0.717) is 0 Å². The van der Waals surface area contributed by atoms with Crippen LogP contribution in [0.4, 0.5) is 4.79 Å². The van der Waals surface area contributed by atoms with Crippen molar-refractivity contribution in [3.63, 3.8) is 0 Å². The highest BCUT2D eigenvalue weighted by atomic mass is 16.5. The van der Waals surface area contributed by atoms with E-state index in [1.54, 1.807) is 0 Å². The number of carbonyl (C=O) groups is 3. The van der Waals surface area contributed by atoms with Gasteiger partial charge in [0.2, 0.25) is 5.91 Å². The van der Waals surface area contributed by atoms with E-state index >= 15 is 0 Å². The van der Waals surface area contributed by atoms with Crippen molar-refractivity contribution in [2.75, 3.05) is 19.9 Å². The van der Waals surface area contributed by atoms with Crippen LogP contribution in [0.1, 0.15) is 36.8 Å². The van der Waals surface area contributed by atoms with Gasteiger partial charge in [0.15, 0.2) is 6.73 Å². The SMILES string of the molecule is CC(=O)OCNC(=O)CNC(=O)OCC1C2=C(CCC=C2)c2ccccc21. The Bertz CT molecular complexity index is 812. The molecule has 0 aromatic heterocycles. The molecule has 1 atom stereocenters. The Balaban J connectivity index is 1.50. The van der Waals surface area contributed by atoms with Gasteiger partial charge in [0.25, 0.3) is 0 Å². The van der Waals surface area contributed by atoms with Crippen LogP contribution >= 0.6 is 0 Å². The van der Waals surface area contributed by atoms with Gasteiger partial charge in [0.05, 0.1) is 0 Å². The molecule has 1 unspecified atom stereocenters. The summed E-state index contributed by atoms with van der Waals surface area (Å²) in [5.41, 5.74) is 4.93. The third-order valence-electron chi connectivity index (χ3n) is 4.56. The second-order valence-electron chi connectivity index (χ2n) is 6.35. The molecule has 142 valence electrons. The average Bonchev–Trinajstić information content (AvgIpc) is 2.98. The minimum atomic E-state index is -0.663. The topological polar surface area (TPSA) is 93.7 Å². The van der Waals surface area contributed by atoms with Crippen LogP contribution in [0.5, 0.6) is 0 Å². The molecule has 0 spiro atoms. The molecule has 2 aliphatic carbocycles. The monoisotopic (exact) mass is 370 g/mol. The van der Waals surface area contributed by atoms with E-state index in [0.717, 1.165) is 12.8 Å². The minimum Gasteiger partial charge on any atom is -0.449 e. The number of hydrogen-bond donors (Lipinski definition) is 2. The molecule has 27 heavy (non-hydrogen) atoms. The van der Waals surface area contributed by atoms with Crippen LogP contribution in [0, 0.1) is 0 Å². The fraction of sp³-hybridized carbons (Fsp3) is 0.350. The van der Waals surface area contributed by atoms with Gasteiger partial charge in [-0.15, -0.1) is 0 Å². The van der Waals surface area contributed by atoms with Crippen LogP contribution < -0.4 is 10.6 Å². The number of nitrogens with one attached hydrogen (secondary N) is 2. The molecule has 0 fully saturated rings. The number of benzene rings is 1. The summed E-state index contributed by atoms with van der Waals surface area (Å²) in [6.07, 6.45) is 5.61. The molecule has 0 aliphatic heterocycles. The number of allylic oxidation sites excluding steroid dienone is 3. The van der Waals surface area contributed by atoms with Gasteiger partial charge in [0, 0.05) is 12.8 Å². The number of hydrogen-bond acceptors (Lipinski definition) is 5. The van der Waals surface area contributed by atoms with Crippen molar-refractivity contribution in [3.8, 4) is 0 Å². The van der Waals surface area contributed by atoms with Crippen molar-refractivity contribution >= 4 is 23.5 Å². The van der Waals surface area contributed by atoms with Crippen molar-refractivity contribution in [1.82, 2.24) is 10.6 Å². The molecule has 7 heteroatoms. The second kappa shape index (κ2) is 8.53. The summed E-state index contributed by atoms with van der Waals surface area (Å²) in [5, 5.41) is 4.74. The second-order valence-corrected chi connectivity index (χ2v) is 6.35. The van der Waals surface area contributed by atoms with Crippen molar-refractivity contribution < 1.29 is 23.9 Å². The summed E-state index contributed by atoms with van der Waals surface area (Å²) in [7, 11) is 0. The highest BCUT2D eigenvalue weighted by molar-refractivity contribution is 5.83. The van der Waals surface area contributed by atoms with Gasteiger partial charge in [0.1, 0.15) is 13.2 Å². The zero-order chi connectivity index (χ0) is 19.2. The minimum absolute atomic E-state index is 0.0105. The Kier molecular flexibility index (Phi) is 5.90. The maximum atomic E-state index is 11.9. The van der Waals surface area contributed by atoms with Crippen molar-refractivity contribution in [2.24, 2.45) is 0 Å². The molecule has 7 nitrogen and oxygen atoms in total. The number of ether oxygens (including phenoxy) is 2. The molecular weight excluding hydrogens is 348 g/mol. The predicted molar refractivity (Wildman–Crippen MR) is 98.6 cm³/mol. The zero-order valence-electron chi connectivity index (χ0n) is 15.1. The summed E-state index contributed by atoms with van der Waals surface area (Å²) in [6.45, 7) is 0.967. The first kappa shape index (κ1) is 18.7. The fourth-order valence-electron chi connectivity index (χ4n) is 3.37. The molecule has 0 radical (unpaired) electrons. The van der Waals surface area contributed by atoms with Crippen LogP contribution in [0.15, 0.2) is 42.0 Å². The number of carbonyl (C=O) groups excluding carboxylic acids is 3. The molecular formula is C20H22N2O5. The number of fused-ring (bicyclic) bond motifs is 2. The molecule has 0 bridgehead atoms. The number of alkyl carbamates (subject to hydrolysis) is 1. The molecule has 1 aromatic rings. The van der Waals surface area contributed by atoms with Gasteiger partial charge in [-0.05, 0) is 35.1 Å². The van der Waals surface area contributed by atoms with Crippen LogP contribution in [-0.2, 0) is 19.1 Å². The standard InChI is InChI=1S/C20H22N2O5/c1-13(23)27-12-22-19(24)10-21-20(25)26-11-18-16-8-4-2-6-14(16)15-7-3-5-9-17(15)18/h2,4-6,8-9,18H,3,7,10-12H2,1H3,(H,21,25)(H,22,24). The lowest BCUT2D eigenvalue weighted by Gasteiger charge is -2.16. The van der Waals surface area contributed by atoms with E-state index < -0.39 is 18.0 Å². The van der Waals surface area contributed by atoms with E-state index in [-0.39, 0.29) is 25.8 Å². The highest BCUT2D eigenvalue weighted by Crippen LogP contribution is 2.46. The quantitative estimate of drug-likeness (QED) is 0.592. The van der Waals surface area contributed by atoms with Crippen molar-refractivity contribution in [2.45, 2.75) is 25.7 Å². The average molecular weight is 370 g/mol. The van der Waals surface area contributed by atoms with E-state index in [9.17, 15) is 14.4 Å². The number of amides is 2. The van der Waals surface area contributed by atoms with E-state index in [2.05, 4.69) is 39.7 Å². The highest BCUT2D eigenvalue weighted by Gasteiger charge is 2.31. The van der Waals surface area contributed by atoms with Gasteiger partial charge in [-0.2, -0.15) is 0 Å². The normalized spacial score (nSPS) is 17.0. The summed E-state index contributed by atoms with van der Waals surface area (Å²) in [4.78, 5) is 34.1. The Morgan fingerprint density at radius 1 is 1.15 bits per heavy atom. The lowest BCUT2D eigenvalue weighted by atomic mass is 9.93. The summed E-state index contributed by atoms with van der Waals surface area (Å²) in [5.74, 6) is -0.958. The maximum absolute atomic E-state index is 11.9. The molecule has 2 N–H and O–H groups in total. The van der Waals surface area contributed by atoms with Crippen molar-refractivity contribution in [3.05, 3.63) is 53.1 Å². The Morgan fingerprint density at radius 2 is 1.96 bits per heavy atom. The molecule has 2 amide bonds. The van der Waals surface area contributed by atoms with Gasteiger partial charge in [-0.1, -0.05) is 36.4 Å². The fourth-order valence-corrected chi connectivity index (χ4v) is 3.37. The van der Waals surface area contributed by atoms with Crippen LogP contribution in [0.25, 0.3) is 5.57 Å². The van der Waals surface area contributed by atoms with Crippen LogP contribution in [-0.4, -0.2) is 37.9 Å². The van der Waals surface area contributed by atoms with Crippen LogP contribution in [0.2, 0.25) is 0 Å². The Hall–Kier alpha value is -3.09. The van der Waals surface area contributed by atoms with Crippen LogP contribution in [0.3, 0.4) is 0 Å². The molecule has 0 heterocycles. The summed E-state index contributed by atoms with van der Waals surface area (Å²) >= 11 is 0. The van der Waals surface area contributed by atoms with E-state index in [4.69, 9.17) is 4.74 Å². The first-order chi connectivity index (χ1) is 13.1. The smallest absolute Gasteiger partial charge is 0.407 e. The zero-order valence-corrected chi connectivity index (χ0v) is 15.1. The summed E-state index contributed by atoms with van der Waals surface area (Å²) in [6, 6.07) is 8.18. The number of esters is 1. The molecule has 2 aliphatic rings. The van der Waals surface area contributed by atoms with Gasteiger partial charge in [-0.3, -0.25) is 9.59 Å². The van der Waals surface area contributed by atoms with Gasteiger partial charge in [-0.25, -0.2) is 4.79 Å². The van der Waals surface area contributed by atoms with Gasteiger partial charge < -0.3 is 20.1 Å². The van der Waals surface area contributed by atoms with E-state index in [1.807, 2.05) is 12.1 Å². The first-order valence-electron chi connectivity index (χ1n) is 8.86. The Morgan fingerprint density at radius 3 is 2.78 bits per heavy atom. The largest absolute Gasteiger partial charge is 0.449 e. The van der Waals surface area contributed by atoms with E-state index in [1.165, 1.54) is 29.2 Å². The van der Waals surface area contributed by atoms with Crippen molar-refractivity contribution in [1.29, 1.82) is 0 Å². The lowest BCUT2D eigenvalue weighted by Crippen LogP contribution is -2.38.